The van der Waals surface area contributed by atoms with E-state index in [0.717, 1.165) is 10.9 Å². The second-order valence-corrected chi connectivity index (χ2v) is 15.1. The van der Waals surface area contributed by atoms with Gasteiger partial charge in [0.1, 0.15) is 0 Å². The normalized spacial score (nSPS) is 15.2. The Hall–Kier alpha value is -3.36. The van der Waals surface area contributed by atoms with Gasteiger partial charge in [-0.05, 0) is 6.08 Å². The van der Waals surface area contributed by atoms with Crippen molar-refractivity contribution in [3.63, 3.8) is 0 Å². The van der Waals surface area contributed by atoms with Gasteiger partial charge in [-0.1, -0.05) is 6.58 Å². The minimum Gasteiger partial charge on any atom is -0.377 e. The van der Waals surface area contributed by atoms with Crippen LogP contribution in [0.25, 0.3) is 5.82 Å². The number of nitrogens with zero attached hydrogens (tertiary/aromatic N) is 5. The molecule has 5 rings (SSSR count). The molecule has 1 saturated carbocycles. The fraction of sp³-hybridized carbons (Fsp3) is 0.407. The van der Waals surface area contributed by atoms with Gasteiger partial charge in [-0.25, -0.2) is 0 Å². The van der Waals surface area contributed by atoms with Gasteiger partial charge in [0.2, 0.25) is 5.91 Å². The molecule has 200 valence electrons. The number of anilines is 4. The molecular weight excluding hydrogens is 545 g/mol. The van der Waals surface area contributed by atoms with Crippen molar-refractivity contribution in [1.29, 1.82) is 0 Å². The first-order valence-electron chi connectivity index (χ1n) is 12.7. The molecule has 3 aromatic rings. The van der Waals surface area contributed by atoms with Gasteiger partial charge in [0.25, 0.3) is 0 Å². The van der Waals surface area contributed by atoms with Crippen molar-refractivity contribution in [2.45, 2.75) is 41.4 Å². The zero-order chi connectivity index (χ0) is 26.8. The molecule has 2 aromatic heterocycles. The van der Waals surface area contributed by atoms with Gasteiger partial charge < -0.3 is 9.64 Å². The number of carbonyl (C=O) groups is 1. The first kappa shape index (κ1) is 26.3. The summed E-state index contributed by atoms with van der Waals surface area (Å²) in [6, 6.07) is 5.79. The van der Waals surface area contributed by atoms with E-state index >= 15 is 0 Å². The van der Waals surface area contributed by atoms with Crippen LogP contribution in [0.3, 0.4) is 0 Å². The van der Waals surface area contributed by atoms with Crippen molar-refractivity contribution in [2.24, 2.45) is 0 Å². The standard InChI is InChI=1S/C27H34AsN7O3/c1-6-25(36)30-20-11-21(23(37-5)12-22(20)34(4)19-15-38-16-19)31-27-29-10-9-24(32-27)35-14-18(13-28(2)3)26(33-35)17-7-8-17/h6,9-12,14,17,19H,1,7-8,13,15-16H2,2-5H3,(H,30,36)(H,29,31,32). The average molecular weight is 580 g/mol. The third-order valence-corrected chi connectivity index (χ3v) is 8.75. The number of hydrogen-bond donors (Lipinski definition) is 2. The third-order valence-electron chi connectivity index (χ3n) is 6.70. The fourth-order valence-corrected chi connectivity index (χ4v) is 6.36. The van der Waals surface area contributed by atoms with Crippen LogP contribution in [0.4, 0.5) is 23.0 Å². The van der Waals surface area contributed by atoms with Gasteiger partial charge in [-0.3, -0.25) is 4.79 Å². The van der Waals surface area contributed by atoms with Crippen LogP contribution in [0.15, 0.2) is 43.2 Å². The summed E-state index contributed by atoms with van der Waals surface area (Å²) in [6.45, 7) is 4.84. The Morgan fingerprint density at radius 3 is 2.74 bits per heavy atom. The molecule has 11 heteroatoms. The van der Waals surface area contributed by atoms with E-state index in [1.807, 2.05) is 29.9 Å². The van der Waals surface area contributed by atoms with Crippen molar-refractivity contribution >= 4 is 43.6 Å². The molecule has 0 unspecified atom stereocenters. The predicted molar refractivity (Wildman–Crippen MR) is 150 cm³/mol. The van der Waals surface area contributed by atoms with Crippen molar-refractivity contribution in [1.82, 2.24) is 19.7 Å². The smallest absolute Gasteiger partial charge is 0.377 e. The van der Waals surface area contributed by atoms with E-state index in [4.69, 9.17) is 19.6 Å². The van der Waals surface area contributed by atoms with Crippen LogP contribution in [-0.2, 0) is 14.7 Å². The van der Waals surface area contributed by atoms with Crippen LogP contribution in [0.5, 0.6) is 5.75 Å². The van der Waals surface area contributed by atoms with Crippen LogP contribution >= 0.6 is 0 Å². The van der Waals surface area contributed by atoms with Crippen LogP contribution < -0.4 is 20.3 Å². The van der Waals surface area contributed by atoms with Crippen LogP contribution in [0, 0.1) is 0 Å². The van der Waals surface area contributed by atoms with E-state index in [1.54, 1.807) is 13.3 Å². The summed E-state index contributed by atoms with van der Waals surface area (Å²) in [5.74, 6) is 1.97. The molecule has 0 bridgehead atoms. The quantitative estimate of drug-likeness (QED) is 0.259. The number of hydrogen-bond acceptors (Lipinski definition) is 8. The van der Waals surface area contributed by atoms with E-state index in [-0.39, 0.29) is 11.9 Å². The number of amides is 1. The maximum atomic E-state index is 12.2. The molecule has 1 aromatic carbocycles. The molecule has 0 spiro atoms. The number of benzene rings is 1. The molecule has 1 aliphatic heterocycles. The zero-order valence-corrected chi connectivity index (χ0v) is 24.1. The van der Waals surface area contributed by atoms with Crippen molar-refractivity contribution in [3.05, 3.63) is 54.5 Å². The predicted octanol–water partition coefficient (Wildman–Crippen LogP) is 4.09. The zero-order valence-electron chi connectivity index (χ0n) is 22.3. The number of aromatic nitrogens is 4. The van der Waals surface area contributed by atoms with Crippen molar-refractivity contribution in [2.75, 3.05) is 42.9 Å². The summed E-state index contributed by atoms with van der Waals surface area (Å²) in [5.41, 5.74) is 9.38. The second kappa shape index (κ2) is 11.2. The second-order valence-electron chi connectivity index (χ2n) is 9.92. The van der Waals surface area contributed by atoms with Crippen LogP contribution in [-0.4, -0.2) is 73.7 Å². The van der Waals surface area contributed by atoms with Crippen LogP contribution in [0.1, 0.15) is 30.0 Å². The molecule has 3 heterocycles. The Labute approximate surface area is 227 Å². The minimum atomic E-state index is -0.846. The fourth-order valence-electron chi connectivity index (χ4n) is 4.42. The SMILES string of the molecule is C=CC(=O)Nc1cc(Nc2nccc(-n3cc(C[As](C)C)c(C4CC4)n3)n2)c(OC)cc1N(C)C1COC1. The molecule has 0 radical (unpaired) electrons. The van der Waals surface area contributed by atoms with Gasteiger partial charge >= 0.3 is 169 Å². The first-order valence-corrected chi connectivity index (χ1v) is 17.7. The molecule has 2 N–H and O–H groups in total. The maximum absolute atomic E-state index is 12.2. The first-order chi connectivity index (χ1) is 18.4. The molecular formula is C27H34AsN7O3. The van der Waals surface area contributed by atoms with Crippen LogP contribution in [0.2, 0.25) is 11.4 Å². The Balaban J connectivity index is 1.46. The summed E-state index contributed by atoms with van der Waals surface area (Å²) in [5, 5.41) is 12.2. The molecule has 38 heavy (non-hydrogen) atoms. The topological polar surface area (TPSA) is 106 Å². The molecule has 10 nitrogen and oxygen atoms in total. The summed E-state index contributed by atoms with van der Waals surface area (Å²) in [7, 11) is 3.58. The summed E-state index contributed by atoms with van der Waals surface area (Å²) in [6.07, 6.45) is 7.52. The summed E-state index contributed by atoms with van der Waals surface area (Å²) < 4.78 is 12.9. The Bertz CT molecular complexity index is 1330. The molecule has 0 atom stereocenters. The molecule has 2 fully saturated rings. The van der Waals surface area contributed by atoms with E-state index in [1.165, 1.54) is 30.2 Å². The Kier molecular flexibility index (Phi) is 7.72. The van der Waals surface area contributed by atoms with Crippen molar-refractivity contribution in [3.8, 4) is 11.6 Å². The number of methoxy groups -OCH3 is 1. The van der Waals surface area contributed by atoms with Gasteiger partial charge in [0.15, 0.2) is 0 Å². The molecule has 1 amide bonds. The average Bonchev–Trinajstić information content (AvgIpc) is 3.62. The van der Waals surface area contributed by atoms with Gasteiger partial charge in [0.05, 0.1) is 19.3 Å². The van der Waals surface area contributed by atoms with Gasteiger partial charge in [-0.2, -0.15) is 0 Å². The molecule has 1 aliphatic carbocycles. The molecule has 1 saturated heterocycles. The third kappa shape index (κ3) is 5.71. The van der Waals surface area contributed by atoms with E-state index in [2.05, 4.69) is 44.7 Å². The molecule has 2 aliphatic rings. The van der Waals surface area contributed by atoms with Gasteiger partial charge in [0, 0.05) is 7.05 Å². The Morgan fingerprint density at radius 2 is 2.11 bits per heavy atom. The van der Waals surface area contributed by atoms with E-state index in [9.17, 15) is 4.79 Å². The number of nitrogens with one attached hydrogen (secondary N) is 2. The number of ether oxygens (including phenoxy) is 2. The number of carbonyl (C=O) groups excluding carboxylic acids is 1. The Morgan fingerprint density at radius 1 is 1.32 bits per heavy atom. The minimum absolute atomic E-state index is 0.218. The summed E-state index contributed by atoms with van der Waals surface area (Å²) in [4.78, 5) is 23.5. The summed E-state index contributed by atoms with van der Waals surface area (Å²) >= 11 is -0.846. The number of likely N-dealkylation sites (N-methyl/N-ethyl adjacent to an activating group) is 1. The number of rotatable bonds is 11. The van der Waals surface area contributed by atoms with E-state index in [0.29, 0.717) is 48.0 Å². The van der Waals surface area contributed by atoms with Crippen molar-refractivity contribution < 1.29 is 14.3 Å². The monoisotopic (exact) mass is 579 g/mol. The van der Waals surface area contributed by atoms with Gasteiger partial charge in [-0.15, -0.1) is 0 Å². The van der Waals surface area contributed by atoms with E-state index < -0.39 is 14.7 Å².